The number of benzene rings is 1. The summed E-state index contributed by atoms with van der Waals surface area (Å²) in [6.45, 7) is 4.60. The van der Waals surface area contributed by atoms with Crippen LogP contribution >= 0.6 is 0 Å². The molecule has 2 rings (SSSR count). The van der Waals surface area contributed by atoms with Gasteiger partial charge in [0.25, 0.3) is 0 Å². The van der Waals surface area contributed by atoms with Crippen molar-refractivity contribution in [3.63, 3.8) is 0 Å². The molecule has 0 N–H and O–H groups in total. The van der Waals surface area contributed by atoms with Crippen molar-refractivity contribution in [3.05, 3.63) is 60.2 Å². The monoisotopic (exact) mass is 296 g/mol. The third kappa shape index (κ3) is 4.87. The molecule has 0 atom stereocenters. The lowest BCUT2D eigenvalue weighted by molar-refractivity contribution is 0.381. The third-order valence-electron chi connectivity index (χ3n) is 4.92. The van der Waals surface area contributed by atoms with E-state index in [0.717, 1.165) is 0 Å². The molecule has 1 aliphatic carbocycles. The van der Waals surface area contributed by atoms with E-state index in [-0.39, 0.29) is 0 Å². The summed E-state index contributed by atoms with van der Waals surface area (Å²) in [5.41, 5.74) is 1.73. The highest BCUT2D eigenvalue weighted by Gasteiger charge is 2.25. The highest BCUT2D eigenvalue weighted by molar-refractivity contribution is 5.34. The molecule has 22 heavy (non-hydrogen) atoms. The lowest BCUT2D eigenvalue weighted by atomic mass is 9.73. The summed E-state index contributed by atoms with van der Waals surface area (Å²) in [7, 11) is 0. The molecule has 0 aromatic heterocycles. The summed E-state index contributed by atoms with van der Waals surface area (Å²) in [4.78, 5) is 0. The fourth-order valence-corrected chi connectivity index (χ4v) is 3.59. The van der Waals surface area contributed by atoms with Gasteiger partial charge < -0.3 is 0 Å². The molecule has 0 radical (unpaired) electrons. The van der Waals surface area contributed by atoms with Crippen LogP contribution in [0.3, 0.4) is 0 Å². The zero-order valence-corrected chi connectivity index (χ0v) is 14.4. The number of rotatable bonds is 9. The molecule has 0 amide bonds. The van der Waals surface area contributed by atoms with Crippen LogP contribution in [0.4, 0.5) is 0 Å². The van der Waals surface area contributed by atoms with Crippen molar-refractivity contribution in [1.82, 2.24) is 0 Å². The molecule has 1 aromatic carbocycles. The van der Waals surface area contributed by atoms with Crippen LogP contribution in [0.2, 0.25) is 0 Å². The van der Waals surface area contributed by atoms with E-state index in [0.29, 0.717) is 11.3 Å². The lowest BCUT2D eigenvalue weighted by Crippen LogP contribution is -2.18. The van der Waals surface area contributed by atoms with Crippen LogP contribution in [0.25, 0.3) is 0 Å². The van der Waals surface area contributed by atoms with Gasteiger partial charge in [-0.05, 0) is 18.4 Å². The van der Waals surface area contributed by atoms with Gasteiger partial charge in [-0.3, -0.25) is 0 Å². The Morgan fingerprint density at radius 1 is 0.773 bits per heavy atom. The molecule has 0 heterocycles. The Balaban J connectivity index is 1.94. The number of hydrogen-bond donors (Lipinski definition) is 0. The average Bonchev–Trinajstić information content (AvgIpc) is 2.56. The van der Waals surface area contributed by atoms with Crippen LogP contribution in [-0.4, -0.2) is 0 Å². The molecule has 0 bridgehead atoms. The molecule has 0 saturated heterocycles. The number of unbranched alkanes of at least 4 members (excludes halogenated alkanes) is 4. The van der Waals surface area contributed by atoms with Gasteiger partial charge in [0.1, 0.15) is 0 Å². The predicted molar refractivity (Wildman–Crippen MR) is 98.2 cm³/mol. The van der Waals surface area contributed by atoms with Crippen molar-refractivity contribution < 1.29 is 0 Å². The molecule has 120 valence electrons. The first-order valence-electron chi connectivity index (χ1n) is 9.23. The van der Waals surface area contributed by atoms with Gasteiger partial charge in [0.15, 0.2) is 0 Å². The largest absolute Gasteiger partial charge is 0.0776 e. The van der Waals surface area contributed by atoms with Crippen molar-refractivity contribution >= 4 is 0 Å². The van der Waals surface area contributed by atoms with Crippen LogP contribution in [0.5, 0.6) is 0 Å². The van der Waals surface area contributed by atoms with Gasteiger partial charge in [0, 0.05) is 11.3 Å². The van der Waals surface area contributed by atoms with Gasteiger partial charge in [0.05, 0.1) is 0 Å². The quantitative estimate of drug-likeness (QED) is 0.338. The topological polar surface area (TPSA) is 0 Å². The second-order valence-corrected chi connectivity index (χ2v) is 6.80. The van der Waals surface area contributed by atoms with Crippen LogP contribution in [0.15, 0.2) is 54.6 Å². The Morgan fingerprint density at radius 3 is 2.09 bits per heavy atom. The highest BCUT2D eigenvalue weighted by Crippen LogP contribution is 2.39. The summed E-state index contributed by atoms with van der Waals surface area (Å²) >= 11 is 0. The zero-order chi connectivity index (χ0) is 15.7. The first-order valence-corrected chi connectivity index (χ1v) is 9.23. The molecular formula is C22H32. The Labute approximate surface area is 137 Å². The second-order valence-electron chi connectivity index (χ2n) is 6.80. The maximum atomic E-state index is 2.51. The summed E-state index contributed by atoms with van der Waals surface area (Å²) in [6.07, 6.45) is 20.6. The molecule has 1 aliphatic rings. The minimum atomic E-state index is 0.326. The maximum absolute atomic E-state index is 2.51. The van der Waals surface area contributed by atoms with Gasteiger partial charge in [0.2, 0.25) is 0 Å². The average molecular weight is 296 g/mol. The Hall–Kier alpha value is -1.30. The predicted octanol–water partition coefficient (Wildman–Crippen LogP) is 7.04. The van der Waals surface area contributed by atoms with Gasteiger partial charge >= 0.3 is 0 Å². The van der Waals surface area contributed by atoms with E-state index in [9.17, 15) is 0 Å². The van der Waals surface area contributed by atoms with Crippen LogP contribution in [0.1, 0.15) is 76.7 Å². The smallest absolute Gasteiger partial charge is 0.0199 e. The van der Waals surface area contributed by atoms with E-state index in [1.807, 2.05) is 0 Å². The van der Waals surface area contributed by atoms with Crippen molar-refractivity contribution in [2.24, 2.45) is 5.41 Å². The first kappa shape index (κ1) is 17.1. The van der Waals surface area contributed by atoms with E-state index in [4.69, 9.17) is 0 Å². The van der Waals surface area contributed by atoms with Crippen LogP contribution in [-0.2, 0) is 0 Å². The minimum absolute atomic E-state index is 0.326. The lowest BCUT2D eigenvalue weighted by Gasteiger charge is -2.31. The molecule has 0 aliphatic heterocycles. The van der Waals surface area contributed by atoms with Crippen LogP contribution in [0, 0.1) is 5.41 Å². The van der Waals surface area contributed by atoms with Gasteiger partial charge in [-0.25, -0.2) is 0 Å². The summed E-state index contributed by atoms with van der Waals surface area (Å²) in [6, 6.07) is 10.8. The summed E-state index contributed by atoms with van der Waals surface area (Å²) < 4.78 is 0. The Kier molecular flexibility index (Phi) is 6.96. The number of hydrogen-bond acceptors (Lipinski definition) is 0. The molecule has 0 spiro atoms. The normalized spacial score (nSPS) is 23.8. The van der Waals surface area contributed by atoms with E-state index >= 15 is 0 Å². The summed E-state index contributed by atoms with van der Waals surface area (Å²) in [5, 5.41) is 0. The SMILES string of the molecule is CCCCCCCC1(CCC)C=CC(c2ccccc2)C=C1. The maximum Gasteiger partial charge on any atom is 0.0199 e. The molecule has 0 nitrogen and oxygen atoms in total. The van der Waals surface area contributed by atoms with E-state index < -0.39 is 0 Å². The molecule has 0 unspecified atom stereocenters. The van der Waals surface area contributed by atoms with Gasteiger partial charge in [-0.15, -0.1) is 0 Å². The number of allylic oxidation sites excluding steroid dienone is 4. The van der Waals surface area contributed by atoms with E-state index in [1.165, 1.54) is 56.9 Å². The highest BCUT2D eigenvalue weighted by atomic mass is 14.3. The van der Waals surface area contributed by atoms with Crippen molar-refractivity contribution in [2.75, 3.05) is 0 Å². The van der Waals surface area contributed by atoms with Crippen LogP contribution < -0.4 is 0 Å². The Morgan fingerprint density at radius 2 is 1.45 bits per heavy atom. The molecule has 0 heteroatoms. The van der Waals surface area contributed by atoms with Crippen molar-refractivity contribution in [3.8, 4) is 0 Å². The molecule has 0 fully saturated rings. The molecule has 1 aromatic rings. The Bertz CT molecular complexity index is 452. The van der Waals surface area contributed by atoms with Crippen molar-refractivity contribution in [2.45, 2.75) is 71.1 Å². The second kappa shape index (κ2) is 8.98. The van der Waals surface area contributed by atoms with Gasteiger partial charge in [-0.1, -0.05) is 107 Å². The standard InChI is InChI=1S/C22H32/c1-3-5-6-7-11-17-22(16-4-2)18-14-21(15-19-22)20-12-9-8-10-13-20/h8-10,12-15,18-19,21H,3-7,11,16-17H2,1-2H3. The summed E-state index contributed by atoms with van der Waals surface area (Å²) in [5.74, 6) is 0.464. The fourth-order valence-electron chi connectivity index (χ4n) is 3.59. The minimum Gasteiger partial charge on any atom is -0.0776 e. The molecular weight excluding hydrogens is 264 g/mol. The third-order valence-corrected chi connectivity index (χ3v) is 4.92. The van der Waals surface area contributed by atoms with Crippen molar-refractivity contribution in [1.29, 1.82) is 0 Å². The van der Waals surface area contributed by atoms with E-state index in [1.54, 1.807) is 0 Å². The fraction of sp³-hybridized carbons (Fsp3) is 0.545. The van der Waals surface area contributed by atoms with Gasteiger partial charge in [-0.2, -0.15) is 0 Å². The first-order chi connectivity index (χ1) is 10.8. The molecule has 0 saturated carbocycles. The van der Waals surface area contributed by atoms with E-state index in [2.05, 4.69) is 68.5 Å². The zero-order valence-electron chi connectivity index (χ0n) is 14.4.